The Bertz CT molecular complexity index is 193. The molecule has 0 unspecified atom stereocenters. The highest BCUT2D eigenvalue weighted by Gasteiger charge is 2.18. The molecule has 0 fully saturated rings. The molecule has 0 amide bonds. The molecule has 1 atom stereocenters. The predicted octanol–water partition coefficient (Wildman–Crippen LogP) is 1.58. The van der Waals surface area contributed by atoms with Crippen LogP contribution in [0.2, 0.25) is 0 Å². The van der Waals surface area contributed by atoms with Crippen molar-refractivity contribution < 1.29 is 14.3 Å². The largest absolute Gasteiger partial charge is 0.464 e. The fourth-order valence-corrected chi connectivity index (χ4v) is 1.02. The summed E-state index contributed by atoms with van der Waals surface area (Å²) in [6.07, 6.45) is 0.725. The van der Waals surface area contributed by atoms with E-state index in [0.29, 0.717) is 19.1 Å². The van der Waals surface area contributed by atoms with Crippen LogP contribution in [0.4, 0.5) is 0 Å². The van der Waals surface area contributed by atoms with Crippen LogP contribution in [0.25, 0.3) is 0 Å². The number of ether oxygens (including phenoxy) is 2. The molecule has 0 aromatic carbocycles. The third kappa shape index (κ3) is 7.65. The smallest absolute Gasteiger partial charge is 0.323 e. The van der Waals surface area contributed by atoms with Gasteiger partial charge >= 0.3 is 5.97 Å². The normalized spacial score (nSPS) is 13.2. The van der Waals surface area contributed by atoms with Gasteiger partial charge in [0.25, 0.3) is 0 Å². The number of esters is 1. The summed E-state index contributed by atoms with van der Waals surface area (Å²) in [4.78, 5) is 11.3. The average molecular weight is 231 g/mol. The fraction of sp³-hybridized carbons (Fsp3) is 0.917. The van der Waals surface area contributed by atoms with Gasteiger partial charge in [-0.15, -0.1) is 0 Å². The van der Waals surface area contributed by atoms with Crippen LogP contribution in [0, 0.1) is 11.8 Å². The molecule has 0 aromatic rings. The highest BCUT2D eigenvalue weighted by Crippen LogP contribution is 2.01. The van der Waals surface area contributed by atoms with Crippen molar-refractivity contribution in [1.29, 1.82) is 0 Å². The lowest BCUT2D eigenvalue weighted by molar-refractivity contribution is -0.146. The number of nitrogens with two attached hydrogens (primary N) is 1. The highest BCUT2D eigenvalue weighted by atomic mass is 16.5. The summed E-state index contributed by atoms with van der Waals surface area (Å²) < 4.78 is 10.4. The lowest BCUT2D eigenvalue weighted by atomic mass is 10.1. The predicted molar refractivity (Wildman–Crippen MR) is 64.0 cm³/mol. The van der Waals surface area contributed by atoms with Gasteiger partial charge in [0.2, 0.25) is 0 Å². The number of carbonyl (C=O) groups excluding carboxylic acids is 1. The van der Waals surface area contributed by atoms with Crippen molar-refractivity contribution in [3.05, 3.63) is 0 Å². The van der Waals surface area contributed by atoms with Crippen LogP contribution in [0.15, 0.2) is 0 Å². The second-order valence-electron chi connectivity index (χ2n) is 4.76. The van der Waals surface area contributed by atoms with E-state index in [4.69, 9.17) is 15.2 Å². The van der Waals surface area contributed by atoms with Crippen LogP contribution < -0.4 is 5.73 Å². The minimum Gasteiger partial charge on any atom is -0.464 e. The summed E-state index contributed by atoms with van der Waals surface area (Å²) in [5.74, 6) is 0.334. The SMILES string of the molecule is CC(C)COCCCOC(=O)[C@@H](N)C(C)C. The summed E-state index contributed by atoms with van der Waals surface area (Å²) >= 11 is 0. The Morgan fingerprint density at radius 2 is 1.81 bits per heavy atom. The zero-order valence-corrected chi connectivity index (χ0v) is 10.9. The molecule has 0 aliphatic heterocycles. The molecule has 0 spiro atoms. The van der Waals surface area contributed by atoms with Crippen LogP contribution in [-0.2, 0) is 14.3 Å². The second kappa shape index (κ2) is 8.53. The van der Waals surface area contributed by atoms with Crippen molar-refractivity contribution in [1.82, 2.24) is 0 Å². The average Bonchev–Trinajstić information content (AvgIpc) is 2.21. The van der Waals surface area contributed by atoms with Gasteiger partial charge < -0.3 is 15.2 Å². The molecule has 0 aromatic heterocycles. The first kappa shape index (κ1) is 15.4. The van der Waals surface area contributed by atoms with Gasteiger partial charge in [-0.2, -0.15) is 0 Å². The molecule has 0 aliphatic rings. The second-order valence-corrected chi connectivity index (χ2v) is 4.76. The molecule has 4 nitrogen and oxygen atoms in total. The van der Waals surface area contributed by atoms with Crippen LogP contribution in [0.3, 0.4) is 0 Å². The Kier molecular flexibility index (Phi) is 8.21. The maximum Gasteiger partial charge on any atom is 0.323 e. The standard InChI is InChI=1S/C12H25NO3/c1-9(2)8-15-6-5-7-16-12(14)11(13)10(3)4/h9-11H,5-8,13H2,1-4H3/t11-/m0/s1. The van der Waals surface area contributed by atoms with Crippen LogP contribution in [-0.4, -0.2) is 31.8 Å². The lowest BCUT2D eigenvalue weighted by Crippen LogP contribution is -2.37. The quantitative estimate of drug-likeness (QED) is 0.509. The lowest BCUT2D eigenvalue weighted by Gasteiger charge is -2.14. The Hall–Kier alpha value is -0.610. The third-order valence-corrected chi connectivity index (χ3v) is 2.12. The van der Waals surface area contributed by atoms with Gasteiger partial charge in [-0.05, 0) is 11.8 Å². The van der Waals surface area contributed by atoms with E-state index in [-0.39, 0.29) is 11.9 Å². The number of rotatable bonds is 8. The van der Waals surface area contributed by atoms with Gasteiger partial charge in [0.05, 0.1) is 6.61 Å². The maximum absolute atomic E-state index is 11.3. The van der Waals surface area contributed by atoms with E-state index in [9.17, 15) is 4.79 Å². The van der Waals surface area contributed by atoms with E-state index in [1.54, 1.807) is 0 Å². The minimum absolute atomic E-state index is 0.115. The van der Waals surface area contributed by atoms with Crippen molar-refractivity contribution >= 4 is 5.97 Å². The van der Waals surface area contributed by atoms with Crippen molar-refractivity contribution in [2.45, 2.75) is 40.2 Å². The van der Waals surface area contributed by atoms with Gasteiger partial charge in [0, 0.05) is 19.6 Å². The molecule has 0 bridgehead atoms. The number of carbonyl (C=O) groups is 1. The fourth-order valence-electron chi connectivity index (χ4n) is 1.02. The molecule has 2 N–H and O–H groups in total. The maximum atomic E-state index is 11.3. The number of hydrogen-bond acceptors (Lipinski definition) is 4. The van der Waals surface area contributed by atoms with E-state index >= 15 is 0 Å². The Balaban J connectivity index is 3.41. The van der Waals surface area contributed by atoms with Gasteiger partial charge in [-0.25, -0.2) is 0 Å². The molecule has 0 rings (SSSR count). The minimum atomic E-state index is -0.517. The van der Waals surface area contributed by atoms with Crippen molar-refractivity contribution in [3.8, 4) is 0 Å². The highest BCUT2D eigenvalue weighted by molar-refractivity contribution is 5.75. The molecule has 96 valence electrons. The van der Waals surface area contributed by atoms with Crippen LogP contribution >= 0.6 is 0 Å². The zero-order valence-electron chi connectivity index (χ0n) is 10.9. The number of hydrogen-bond donors (Lipinski definition) is 1. The van der Waals surface area contributed by atoms with E-state index in [2.05, 4.69) is 13.8 Å². The zero-order chi connectivity index (χ0) is 12.6. The molecule has 4 heteroatoms. The first-order chi connectivity index (χ1) is 7.45. The van der Waals surface area contributed by atoms with Crippen LogP contribution in [0.1, 0.15) is 34.1 Å². The van der Waals surface area contributed by atoms with E-state index in [1.807, 2.05) is 13.8 Å². The summed E-state index contributed by atoms with van der Waals surface area (Å²) in [6, 6.07) is -0.517. The molecule has 0 saturated heterocycles. The summed E-state index contributed by atoms with van der Waals surface area (Å²) in [6.45, 7) is 9.76. The molecule has 0 radical (unpaired) electrons. The molecular weight excluding hydrogens is 206 g/mol. The van der Waals surface area contributed by atoms with Crippen molar-refractivity contribution in [2.75, 3.05) is 19.8 Å². The van der Waals surface area contributed by atoms with Crippen LogP contribution in [0.5, 0.6) is 0 Å². The van der Waals surface area contributed by atoms with Gasteiger partial charge in [-0.1, -0.05) is 27.7 Å². The molecule has 16 heavy (non-hydrogen) atoms. The van der Waals surface area contributed by atoms with Crippen molar-refractivity contribution in [2.24, 2.45) is 17.6 Å². The van der Waals surface area contributed by atoms with E-state index in [0.717, 1.165) is 13.0 Å². The summed E-state index contributed by atoms with van der Waals surface area (Å²) in [5.41, 5.74) is 5.63. The summed E-state index contributed by atoms with van der Waals surface area (Å²) in [7, 11) is 0. The summed E-state index contributed by atoms with van der Waals surface area (Å²) in [5, 5.41) is 0. The van der Waals surface area contributed by atoms with E-state index < -0.39 is 6.04 Å². The van der Waals surface area contributed by atoms with E-state index in [1.165, 1.54) is 0 Å². The molecule has 0 heterocycles. The van der Waals surface area contributed by atoms with Gasteiger partial charge in [-0.3, -0.25) is 4.79 Å². The monoisotopic (exact) mass is 231 g/mol. The topological polar surface area (TPSA) is 61.5 Å². The molecular formula is C12H25NO3. The van der Waals surface area contributed by atoms with Gasteiger partial charge in [0.1, 0.15) is 6.04 Å². The Morgan fingerprint density at radius 1 is 1.19 bits per heavy atom. The molecule has 0 saturated carbocycles. The Morgan fingerprint density at radius 3 is 2.31 bits per heavy atom. The first-order valence-electron chi connectivity index (χ1n) is 5.95. The van der Waals surface area contributed by atoms with Gasteiger partial charge in [0.15, 0.2) is 0 Å². The third-order valence-electron chi connectivity index (χ3n) is 2.12. The Labute approximate surface area is 98.5 Å². The molecule has 0 aliphatic carbocycles. The van der Waals surface area contributed by atoms with Crippen molar-refractivity contribution in [3.63, 3.8) is 0 Å². The first-order valence-corrected chi connectivity index (χ1v) is 5.95.